The minimum Gasteiger partial charge on any atom is -0.366 e. The van der Waals surface area contributed by atoms with Crippen molar-refractivity contribution in [2.75, 3.05) is 38.1 Å². The number of nitrogens with zero attached hydrogens (tertiary/aromatic N) is 4. The van der Waals surface area contributed by atoms with Crippen LogP contribution in [0.5, 0.6) is 0 Å². The Balaban J connectivity index is 1.46. The number of aromatic amines is 1. The van der Waals surface area contributed by atoms with Gasteiger partial charge in [-0.15, -0.1) is 0 Å². The van der Waals surface area contributed by atoms with Gasteiger partial charge in [0.05, 0.1) is 16.6 Å². The van der Waals surface area contributed by atoms with E-state index in [1.807, 2.05) is 25.1 Å². The van der Waals surface area contributed by atoms with Crippen molar-refractivity contribution in [2.45, 2.75) is 26.9 Å². The first-order valence-corrected chi connectivity index (χ1v) is 11.3. The standard InChI is InChI=1S/C23H27ClN6O3/c1-4-30-22(32)16-6-5-15(12-17(16)26-23(30)33)13-28-7-9-29(10-8-28)18-11-14(2)19(21(31)25-3)27-20(18)24/h5-6,11-12H,4,7-10,13H2,1-3H3,(H,25,31)(H,26,33). The zero-order chi connectivity index (χ0) is 23.7. The summed E-state index contributed by atoms with van der Waals surface area (Å²) in [5.41, 5.74) is 2.90. The summed E-state index contributed by atoms with van der Waals surface area (Å²) in [5.74, 6) is -0.254. The normalized spacial score (nSPS) is 14.6. The predicted octanol–water partition coefficient (Wildman–Crippen LogP) is 1.75. The van der Waals surface area contributed by atoms with E-state index in [-0.39, 0.29) is 17.2 Å². The van der Waals surface area contributed by atoms with Crippen LogP contribution < -0.4 is 21.5 Å². The smallest absolute Gasteiger partial charge is 0.328 e. The van der Waals surface area contributed by atoms with Crippen molar-refractivity contribution >= 4 is 34.1 Å². The van der Waals surface area contributed by atoms with Crippen LogP contribution >= 0.6 is 11.6 Å². The zero-order valence-corrected chi connectivity index (χ0v) is 19.7. The molecule has 0 saturated carbocycles. The summed E-state index contributed by atoms with van der Waals surface area (Å²) in [6, 6.07) is 7.52. The molecule has 2 N–H and O–H groups in total. The fourth-order valence-electron chi connectivity index (χ4n) is 4.24. The largest absolute Gasteiger partial charge is 0.366 e. The average molecular weight is 471 g/mol. The zero-order valence-electron chi connectivity index (χ0n) is 18.9. The quantitative estimate of drug-likeness (QED) is 0.551. The van der Waals surface area contributed by atoms with Gasteiger partial charge >= 0.3 is 5.69 Å². The molecule has 1 aromatic carbocycles. The van der Waals surface area contributed by atoms with Crippen molar-refractivity contribution in [3.63, 3.8) is 0 Å². The van der Waals surface area contributed by atoms with Crippen molar-refractivity contribution in [1.29, 1.82) is 0 Å². The highest BCUT2D eigenvalue weighted by Crippen LogP contribution is 2.28. The van der Waals surface area contributed by atoms with E-state index in [0.717, 1.165) is 43.0 Å². The van der Waals surface area contributed by atoms with Gasteiger partial charge < -0.3 is 15.2 Å². The Bertz CT molecular complexity index is 1320. The number of aromatic nitrogens is 3. The third kappa shape index (κ3) is 4.51. The van der Waals surface area contributed by atoms with Crippen molar-refractivity contribution < 1.29 is 4.79 Å². The Labute approximate surface area is 196 Å². The highest BCUT2D eigenvalue weighted by atomic mass is 35.5. The number of piperazine rings is 1. The van der Waals surface area contributed by atoms with Crippen LogP contribution in [0, 0.1) is 6.92 Å². The van der Waals surface area contributed by atoms with E-state index in [0.29, 0.717) is 34.8 Å². The number of pyridine rings is 1. The lowest BCUT2D eigenvalue weighted by Gasteiger charge is -2.36. The molecule has 2 aromatic heterocycles. The fraction of sp³-hybridized carbons (Fsp3) is 0.391. The summed E-state index contributed by atoms with van der Waals surface area (Å²) >= 11 is 6.40. The van der Waals surface area contributed by atoms with Crippen LogP contribution in [0.25, 0.3) is 10.9 Å². The van der Waals surface area contributed by atoms with E-state index >= 15 is 0 Å². The fourth-order valence-corrected chi connectivity index (χ4v) is 4.50. The molecule has 1 fully saturated rings. The minimum absolute atomic E-state index is 0.254. The van der Waals surface area contributed by atoms with Crippen molar-refractivity contribution in [3.8, 4) is 0 Å². The van der Waals surface area contributed by atoms with Crippen LogP contribution in [-0.2, 0) is 13.1 Å². The molecule has 3 heterocycles. The lowest BCUT2D eigenvalue weighted by atomic mass is 10.1. The molecule has 10 heteroatoms. The number of H-pyrrole nitrogens is 1. The number of carbonyl (C=O) groups is 1. The van der Waals surface area contributed by atoms with Crippen molar-refractivity contribution in [3.05, 3.63) is 67.1 Å². The topological polar surface area (TPSA) is 103 Å². The highest BCUT2D eigenvalue weighted by Gasteiger charge is 2.22. The molecule has 174 valence electrons. The molecular formula is C23H27ClN6O3. The molecule has 0 bridgehead atoms. The van der Waals surface area contributed by atoms with Gasteiger partial charge in [0.15, 0.2) is 5.15 Å². The molecule has 9 nitrogen and oxygen atoms in total. The molecule has 1 saturated heterocycles. The van der Waals surface area contributed by atoms with Gasteiger partial charge in [0.25, 0.3) is 11.5 Å². The number of anilines is 1. The molecular weight excluding hydrogens is 444 g/mol. The molecule has 0 aliphatic carbocycles. The number of nitrogens with one attached hydrogen (secondary N) is 2. The van der Waals surface area contributed by atoms with Gasteiger partial charge in [-0.05, 0) is 43.2 Å². The maximum atomic E-state index is 12.5. The monoisotopic (exact) mass is 470 g/mol. The maximum Gasteiger partial charge on any atom is 0.328 e. The van der Waals surface area contributed by atoms with Gasteiger partial charge in [-0.25, -0.2) is 9.78 Å². The SMILES string of the molecule is CCn1c(=O)[nH]c2cc(CN3CCN(c4cc(C)c(C(=O)NC)nc4Cl)CC3)ccc2c1=O. The van der Waals surface area contributed by atoms with Crippen LogP contribution in [0.3, 0.4) is 0 Å². The second kappa shape index (κ2) is 9.36. The summed E-state index contributed by atoms with van der Waals surface area (Å²) in [6.45, 7) is 7.85. The summed E-state index contributed by atoms with van der Waals surface area (Å²) in [4.78, 5) is 48.2. The van der Waals surface area contributed by atoms with Gasteiger partial charge in [-0.3, -0.25) is 19.1 Å². The first-order chi connectivity index (χ1) is 15.8. The number of amides is 1. The Morgan fingerprint density at radius 1 is 1.18 bits per heavy atom. The van der Waals surface area contributed by atoms with E-state index in [4.69, 9.17) is 11.6 Å². The molecule has 3 aromatic rings. The Hall–Kier alpha value is -3.17. The van der Waals surface area contributed by atoms with Crippen LogP contribution in [0.4, 0.5) is 5.69 Å². The molecule has 1 aliphatic heterocycles. The maximum absolute atomic E-state index is 12.5. The molecule has 0 unspecified atom stereocenters. The number of hydrogen-bond donors (Lipinski definition) is 2. The minimum atomic E-state index is -0.385. The molecule has 33 heavy (non-hydrogen) atoms. The third-order valence-corrected chi connectivity index (χ3v) is 6.35. The predicted molar refractivity (Wildman–Crippen MR) is 129 cm³/mol. The summed E-state index contributed by atoms with van der Waals surface area (Å²) in [5, 5.41) is 3.42. The van der Waals surface area contributed by atoms with Crippen molar-refractivity contribution in [1.82, 2.24) is 24.8 Å². The van der Waals surface area contributed by atoms with E-state index < -0.39 is 0 Å². The second-order valence-electron chi connectivity index (χ2n) is 8.17. The van der Waals surface area contributed by atoms with Gasteiger partial charge in [0.1, 0.15) is 5.69 Å². The summed E-state index contributed by atoms with van der Waals surface area (Å²) in [7, 11) is 1.57. The number of carbonyl (C=O) groups excluding carboxylic acids is 1. The van der Waals surface area contributed by atoms with E-state index in [1.165, 1.54) is 4.57 Å². The molecule has 0 atom stereocenters. The van der Waals surface area contributed by atoms with Gasteiger partial charge in [-0.1, -0.05) is 17.7 Å². The summed E-state index contributed by atoms with van der Waals surface area (Å²) in [6.07, 6.45) is 0. The number of halogens is 1. The molecule has 1 amide bonds. The molecule has 1 aliphatic rings. The lowest BCUT2D eigenvalue weighted by molar-refractivity contribution is 0.0957. The van der Waals surface area contributed by atoms with Gasteiger partial charge in [-0.2, -0.15) is 0 Å². The Kier molecular flexibility index (Phi) is 6.53. The summed E-state index contributed by atoms with van der Waals surface area (Å²) < 4.78 is 1.20. The van der Waals surface area contributed by atoms with Crippen LogP contribution in [0.1, 0.15) is 28.5 Å². The highest BCUT2D eigenvalue weighted by molar-refractivity contribution is 6.32. The van der Waals surface area contributed by atoms with E-state index in [9.17, 15) is 14.4 Å². The number of rotatable bonds is 5. The first-order valence-electron chi connectivity index (χ1n) is 10.9. The second-order valence-corrected chi connectivity index (χ2v) is 8.52. The van der Waals surface area contributed by atoms with Crippen LogP contribution in [-0.4, -0.2) is 58.6 Å². The number of benzene rings is 1. The van der Waals surface area contributed by atoms with Crippen LogP contribution in [0.15, 0.2) is 33.9 Å². The van der Waals surface area contributed by atoms with Crippen LogP contribution in [0.2, 0.25) is 5.15 Å². The molecule has 0 spiro atoms. The average Bonchev–Trinajstić information content (AvgIpc) is 2.80. The van der Waals surface area contributed by atoms with Gasteiger partial charge in [0.2, 0.25) is 0 Å². The Morgan fingerprint density at radius 2 is 1.91 bits per heavy atom. The van der Waals surface area contributed by atoms with E-state index in [1.54, 1.807) is 20.0 Å². The number of aryl methyl sites for hydroxylation is 1. The van der Waals surface area contributed by atoms with Gasteiger partial charge in [0, 0.05) is 46.3 Å². The number of fused-ring (bicyclic) bond motifs is 1. The lowest BCUT2D eigenvalue weighted by Crippen LogP contribution is -2.46. The van der Waals surface area contributed by atoms with Crippen molar-refractivity contribution in [2.24, 2.45) is 0 Å². The third-order valence-electron chi connectivity index (χ3n) is 6.07. The molecule has 0 radical (unpaired) electrons. The van der Waals surface area contributed by atoms with E-state index in [2.05, 4.69) is 25.1 Å². The molecule has 4 rings (SSSR count). The number of hydrogen-bond acceptors (Lipinski definition) is 6. The first kappa shape index (κ1) is 23.0. The Morgan fingerprint density at radius 3 is 2.58 bits per heavy atom.